The van der Waals surface area contributed by atoms with E-state index < -0.39 is 29.2 Å². The highest BCUT2D eigenvalue weighted by Gasteiger charge is 2.56. The van der Waals surface area contributed by atoms with Crippen LogP contribution in [-0.4, -0.2) is 33.9 Å². The largest absolute Gasteiger partial charge is 0.481 e. The summed E-state index contributed by atoms with van der Waals surface area (Å²) in [5.74, 6) is -3.05. The van der Waals surface area contributed by atoms with Crippen LogP contribution in [0.4, 0.5) is 0 Å². The normalized spacial score (nSPS) is 33.6. The van der Waals surface area contributed by atoms with Gasteiger partial charge in [0, 0.05) is 5.71 Å². The Morgan fingerprint density at radius 3 is 2.25 bits per heavy atom. The number of aliphatic imine (C=N–C) groups is 1. The van der Waals surface area contributed by atoms with Gasteiger partial charge >= 0.3 is 11.9 Å². The second kappa shape index (κ2) is 6.37. The molecular weight excluding hydrogens is 258 g/mol. The summed E-state index contributed by atoms with van der Waals surface area (Å²) in [4.78, 5) is 27.9. The van der Waals surface area contributed by atoms with Gasteiger partial charge in [0.15, 0.2) is 0 Å². The van der Waals surface area contributed by atoms with Gasteiger partial charge in [-0.25, -0.2) is 0 Å². The zero-order valence-electron chi connectivity index (χ0n) is 12.7. The molecule has 0 radical (unpaired) electrons. The molecule has 2 N–H and O–H groups in total. The Kier molecular flexibility index (Phi) is 5.31. The first-order chi connectivity index (χ1) is 9.32. The summed E-state index contributed by atoms with van der Waals surface area (Å²) in [6.07, 6.45) is 2.54. The van der Waals surface area contributed by atoms with Gasteiger partial charge in [0.05, 0.1) is 17.4 Å². The first-order valence-corrected chi connectivity index (χ1v) is 7.33. The molecule has 0 bridgehead atoms. The molecule has 1 aliphatic heterocycles. The molecule has 0 aromatic carbocycles. The van der Waals surface area contributed by atoms with Crippen molar-refractivity contribution in [3.63, 3.8) is 0 Å². The minimum absolute atomic E-state index is 0.382. The monoisotopic (exact) mass is 283 g/mol. The van der Waals surface area contributed by atoms with Crippen LogP contribution < -0.4 is 0 Å². The third kappa shape index (κ3) is 2.58. The van der Waals surface area contributed by atoms with Crippen LogP contribution in [0.5, 0.6) is 0 Å². The van der Waals surface area contributed by atoms with Gasteiger partial charge in [-0.1, -0.05) is 26.7 Å². The number of hydrogen-bond donors (Lipinski definition) is 2. The molecule has 1 rings (SSSR count). The van der Waals surface area contributed by atoms with Gasteiger partial charge < -0.3 is 10.2 Å². The van der Waals surface area contributed by atoms with Crippen molar-refractivity contribution in [2.75, 3.05) is 0 Å². The lowest BCUT2D eigenvalue weighted by Crippen LogP contribution is -2.55. The van der Waals surface area contributed by atoms with Gasteiger partial charge in [-0.3, -0.25) is 14.6 Å². The Bertz CT molecular complexity index is 418. The Morgan fingerprint density at radius 1 is 1.25 bits per heavy atom. The zero-order chi connectivity index (χ0) is 15.5. The van der Waals surface area contributed by atoms with E-state index in [9.17, 15) is 19.8 Å². The number of hydrogen-bond acceptors (Lipinski definition) is 3. The maximum absolute atomic E-state index is 12.0. The van der Waals surface area contributed by atoms with Crippen molar-refractivity contribution in [2.24, 2.45) is 22.2 Å². The molecule has 0 saturated carbocycles. The molecular formula is C15H25NO4. The van der Waals surface area contributed by atoms with E-state index in [1.165, 1.54) is 0 Å². The molecule has 0 spiro atoms. The fourth-order valence-corrected chi connectivity index (χ4v) is 3.74. The highest BCUT2D eigenvalue weighted by Crippen LogP contribution is 2.48. The number of rotatable bonds is 6. The molecule has 20 heavy (non-hydrogen) atoms. The quantitative estimate of drug-likeness (QED) is 0.784. The van der Waals surface area contributed by atoms with Crippen molar-refractivity contribution in [3.05, 3.63) is 0 Å². The molecule has 0 aromatic heterocycles. The third-order valence-corrected chi connectivity index (χ3v) is 4.58. The van der Waals surface area contributed by atoms with Crippen molar-refractivity contribution < 1.29 is 19.8 Å². The summed E-state index contributed by atoms with van der Waals surface area (Å²) in [5.41, 5.74) is -0.510. The fraction of sp³-hybridized carbons (Fsp3) is 0.800. The molecule has 1 heterocycles. The number of carbonyl (C=O) groups is 2. The average molecular weight is 283 g/mol. The molecule has 0 amide bonds. The molecule has 114 valence electrons. The van der Waals surface area contributed by atoms with E-state index in [2.05, 4.69) is 4.99 Å². The first-order valence-electron chi connectivity index (χ1n) is 7.33. The fourth-order valence-electron chi connectivity index (χ4n) is 3.74. The number of aliphatic carboxylic acids is 2. The van der Waals surface area contributed by atoms with E-state index in [-0.39, 0.29) is 6.04 Å². The lowest BCUT2D eigenvalue weighted by molar-refractivity contribution is -0.160. The van der Waals surface area contributed by atoms with Crippen molar-refractivity contribution in [3.8, 4) is 0 Å². The van der Waals surface area contributed by atoms with E-state index in [0.29, 0.717) is 25.0 Å². The van der Waals surface area contributed by atoms with Crippen LogP contribution in [0.1, 0.15) is 53.4 Å². The van der Waals surface area contributed by atoms with Gasteiger partial charge in [-0.05, 0) is 32.6 Å². The molecule has 5 nitrogen and oxygen atoms in total. The second-order valence-electron chi connectivity index (χ2n) is 5.75. The van der Waals surface area contributed by atoms with Crippen LogP contribution in [0, 0.1) is 17.3 Å². The van der Waals surface area contributed by atoms with Crippen molar-refractivity contribution >= 4 is 17.7 Å². The maximum atomic E-state index is 12.0. The standard InChI is InChI=1S/C15H25NO4/c1-5-7-11-12(13(17)18)9(3)16-10(4)15(11,8-6-2)14(19)20/h10-12H,5-8H2,1-4H3,(H,17,18)(H,19,20). The Hall–Kier alpha value is -1.39. The van der Waals surface area contributed by atoms with Crippen molar-refractivity contribution in [1.82, 2.24) is 0 Å². The summed E-state index contributed by atoms with van der Waals surface area (Å²) < 4.78 is 0. The van der Waals surface area contributed by atoms with Crippen LogP contribution >= 0.6 is 0 Å². The lowest BCUT2D eigenvalue weighted by Gasteiger charge is -2.46. The smallest absolute Gasteiger partial charge is 0.312 e. The zero-order valence-corrected chi connectivity index (χ0v) is 12.7. The molecule has 4 atom stereocenters. The minimum Gasteiger partial charge on any atom is -0.481 e. The van der Waals surface area contributed by atoms with Gasteiger partial charge in [0.1, 0.15) is 0 Å². The molecule has 0 aromatic rings. The number of nitrogens with zero attached hydrogens (tertiary/aromatic N) is 1. The average Bonchev–Trinajstić information content (AvgIpc) is 2.33. The summed E-state index contributed by atoms with van der Waals surface area (Å²) in [5, 5.41) is 19.3. The number of carboxylic acids is 2. The van der Waals surface area contributed by atoms with E-state index in [0.717, 1.165) is 6.42 Å². The predicted molar refractivity (Wildman–Crippen MR) is 77.1 cm³/mol. The first kappa shape index (κ1) is 16.7. The van der Waals surface area contributed by atoms with Crippen molar-refractivity contribution in [1.29, 1.82) is 0 Å². The Labute approximate surface area is 120 Å². The SMILES string of the molecule is CCCC1C(C(=O)O)C(C)=NC(C)C1(CCC)C(=O)O. The van der Waals surface area contributed by atoms with E-state index in [1.54, 1.807) is 13.8 Å². The molecule has 0 saturated heterocycles. The molecule has 0 fully saturated rings. The van der Waals surface area contributed by atoms with Gasteiger partial charge in [-0.2, -0.15) is 0 Å². The summed E-state index contributed by atoms with van der Waals surface area (Å²) in [6, 6.07) is -0.382. The van der Waals surface area contributed by atoms with Crippen molar-refractivity contribution in [2.45, 2.75) is 59.4 Å². The molecule has 1 aliphatic rings. The minimum atomic E-state index is -1.06. The van der Waals surface area contributed by atoms with E-state index in [1.807, 2.05) is 13.8 Å². The van der Waals surface area contributed by atoms with Gasteiger partial charge in [0.2, 0.25) is 0 Å². The molecule has 4 unspecified atom stereocenters. The Morgan fingerprint density at radius 2 is 1.85 bits per heavy atom. The summed E-state index contributed by atoms with van der Waals surface area (Å²) in [7, 11) is 0. The second-order valence-corrected chi connectivity index (χ2v) is 5.75. The third-order valence-electron chi connectivity index (χ3n) is 4.58. The number of carboxylic acid groups (broad SMARTS) is 2. The van der Waals surface area contributed by atoms with Gasteiger partial charge in [-0.15, -0.1) is 0 Å². The summed E-state index contributed by atoms with van der Waals surface area (Å²) in [6.45, 7) is 7.40. The Balaban J connectivity index is 3.44. The lowest BCUT2D eigenvalue weighted by atomic mass is 9.59. The summed E-state index contributed by atoms with van der Waals surface area (Å²) >= 11 is 0. The predicted octanol–water partition coefficient (Wildman–Crippen LogP) is 2.84. The molecule has 0 aliphatic carbocycles. The van der Waals surface area contributed by atoms with E-state index >= 15 is 0 Å². The topological polar surface area (TPSA) is 87.0 Å². The van der Waals surface area contributed by atoms with Crippen LogP contribution in [0.3, 0.4) is 0 Å². The van der Waals surface area contributed by atoms with Crippen LogP contribution in [0.25, 0.3) is 0 Å². The highest BCUT2D eigenvalue weighted by molar-refractivity contribution is 6.02. The molecule has 5 heteroatoms. The van der Waals surface area contributed by atoms with Crippen LogP contribution in [0.2, 0.25) is 0 Å². The highest BCUT2D eigenvalue weighted by atomic mass is 16.4. The van der Waals surface area contributed by atoms with Crippen LogP contribution in [0.15, 0.2) is 4.99 Å². The van der Waals surface area contributed by atoms with Gasteiger partial charge in [0.25, 0.3) is 0 Å². The van der Waals surface area contributed by atoms with Crippen LogP contribution in [-0.2, 0) is 9.59 Å². The van der Waals surface area contributed by atoms with E-state index in [4.69, 9.17) is 0 Å². The maximum Gasteiger partial charge on any atom is 0.312 e.